The van der Waals surface area contributed by atoms with E-state index in [0.717, 1.165) is 30.4 Å². The van der Waals surface area contributed by atoms with E-state index in [4.69, 9.17) is 4.74 Å². The second kappa shape index (κ2) is 12.3. The minimum Gasteiger partial charge on any atom is -0.486 e. The average Bonchev–Trinajstić information content (AvgIpc) is 3.22. The summed E-state index contributed by atoms with van der Waals surface area (Å²) in [5.74, 6) is 0.413. The molecule has 7 nitrogen and oxygen atoms in total. The molecule has 0 aliphatic carbocycles. The number of aryl methyl sites for hydroxylation is 2. The third-order valence-corrected chi connectivity index (χ3v) is 6.57. The highest BCUT2D eigenvalue weighted by Gasteiger charge is 2.16. The Morgan fingerprint density at radius 2 is 1.65 bits per heavy atom. The van der Waals surface area contributed by atoms with Crippen LogP contribution in [-0.2, 0) is 6.61 Å². The molecule has 0 radical (unpaired) electrons. The molecule has 0 saturated carbocycles. The van der Waals surface area contributed by atoms with Gasteiger partial charge in [0.05, 0.1) is 5.69 Å². The molecular formula is C26H32N4O3S. The third kappa shape index (κ3) is 7.13. The maximum atomic E-state index is 12.8. The number of anilines is 1. The summed E-state index contributed by atoms with van der Waals surface area (Å²) in [6.45, 7) is 11.7. The first-order valence-electron chi connectivity index (χ1n) is 11.5. The second-order valence-corrected chi connectivity index (χ2v) is 9.02. The van der Waals surface area contributed by atoms with Crippen molar-refractivity contribution in [2.75, 3.05) is 31.5 Å². The van der Waals surface area contributed by atoms with Crippen LogP contribution in [0.4, 0.5) is 5.69 Å². The van der Waals surface area contributed by atoms with Crippen LogP contribution in [0.25, 0.3) is 0 Å². The van der Waals surface area contributed by atoms with Gasteiger partial charge in [0, 0.05) is 24.3 Å². The minimum atomic E-state index is -0.229. The number of carbonyl (C=O) groups is 2. The largest absolute Gasteiger partial charge is 0.486 e. The van der Waals surface area contributed by atoms with Crippen molar-refractivity contribution >= 4 is 28.8 Å². The van der Waals surface area contributed by atoms with Crippen LogP contribution in [-0.4, -0.2) is 47.9 Å². The van der Waals surface area contributed by atoms with Gasteiger partial charge in [-0.15, -0.1) is 11.3 Å². The lowest BCUT2D eigenvalue weighted by Gasteiger charge is -2.17. The molecule has 3 rings (SSSR count). The normalized spacial score (nSPS) is 10.9. The molecule has 0 saturated heterocycles. The Hall–Kier alpha value is -3.23. The van der Waals surface area contributed by atoms with E-state index in [-0.39, 0.29) is 11.8 Å². The molecule has 180 valence electrons. The van der Waals surface area contributed by atoms with Crippen molar-refractivity contribution < 1.29 is 14.3 Å². The highest BCUT2D eigenvalue weighted by Crippen LogP contribution is 2.22. The molecule has 34 heavy (non-hydrogen) atoms. The number of hydrogen-bond acceptors (Lipinski definition) is 6. The van der Waals surface area contributed by atoms with Crippen LogP contribution in [0, 0.1) is 13.8 Å². The molecule has 0 atom stereocenters. The molecule has 0 spiro atoms. The van der Waals surface area contributed by atoms with Crippen LogP contribution in [0.5, 0.6) is 5.75 Å². The molecule has 2 amide bonds. The zero-order valence-electron chi connectivity index (χ0n) is 20.2. The molecule has 1 aromatic heterocycles. The zero-order chi connectivity index (χ0) is 24.5. The van der Waals surface area contributed by atoms with Crippen molar-refractivity contribution in [3.05, 3.63) is 75.2 Å². The van der Waals surface area contributed by atoms with Gasteiger partial charge in [-0.05, 0) is 63.3 Å². The SMILES string of the molecule is CCN(CC)CCNC(=O)c1ccc(NC(=O)c2sc(COc3ccc(C)cc3)nc2C)cc1. The van der Waals surface area contributed by atoms with Crippen molar-refractivity contribution in [1.82, 2.24) is 15.2 Å². The summed E-state index contributed by atoms with van der Waals surface area (Å²) in [5.41, 5.74) is 3.01. The summed E-state index contributed by atoms with van der Waals surface area (Å²) >= 11 is 1.32. The Labute approximate surface area is 205 Å². The van der Waals surface area contributed by atoms with E-state index < -0.39 is 0 Å². The maximum absolute atomic E-state index is 12.8. The van der Waals surface area contributed by atoms with E-state index in [2.05, 4.69) is 34.4 Å². The number of ether oxygens (including phenoxy) is 1. The first kappa shape index (κ1) is 25.4. The summed E-state index contributed by atoms with van der Waals surface area (Å²) in [4.78, 5) is 32.4. The predicted octanol–water partition coefficient (Wildman–Crippen LogP) is 4.66. The number of thiazole rings is 1. The van der Waals surface area contributed by atoms with Gasteiger partial charge in [-0.25, -0.2) is 4.98 Å². The summed E-state index contributed by atoms with van der Waals surface area (Å²) < 4.78 is 5.78. The Balaban J connectivity index is 1.53. The van der Waals surface area contributed by atoms with Gasteiger partial charge in [0.1, 0.15) is 22.2 Å². The van der Waals surface area contributed by atoms with Gasteiger partial charge in [0.2, 0.25) is 0 Å². The molecule has 2 aromatic carbocycles. The van der Waals surface area contributed by atoms with Gasteiger partial charge in [0.15, 0.2) is 0 Å². The fraction of sp³-hybridized carbons (Fsp3) is 0.346. The highest BCUT2D eigenvalue weighted by atomic mass is 32.1. The van der Waals surface area contributed by atoms with Gasteiger partial charge in [-0.2, -0.15) is 0 Å². The van der Waals surface area contributed by atoms with Crippen LogP contribution in [0.2, 0.25) is 0 Å². The van der Waals surface area contributed by atoms with Gasteiger partial charge in [-0.1, -0.05) is 31.5 Å². The smallest absolute Gasteiger partial charge is 0.267 e. The lowest BCUT2D eigenvalue weighted by atomic mass is 10.2. The van der Waals surface area contributed by atoms with Crippen LogP contribution in [0.3, 0.4) is 0 Å². The molecule has 0 bridgehead atoms. The van der Waals surface area contributed by atoms with Crippen LogP contribution in [0.15, 0.2) is 48.5 Å². The molecule has 0 aliphatic rings. The Kier molecular flexibility index (Phi) is 9.18. The van der Waals surface area contributed by atoms with Crippen molar-refractivity contribution in [2.24, 2.45) is 0 Å². The van der Waals surface area contributed by atoms with Crippen LogP contribution >= 0.6 is 11.3 Å². The standard InChI is InChI=1S/C26H32N4O3S/c1-5-30(6-2)16-15-27-25(31)20-9-11-21(12-10-20)29-26(32)24-19(4)28-23(34-24)17-33-22-13-7-18(3)8-14-22/h7-14H,5-6,15-17H2,1-4H3,(H,27,31)(H,29,32). The Morgan fingerprint density at radius 3 is 2.29 bits per heavy atom. The van der Waals surface area contributed by atoms with Crippen molar-refractivity contribution in [3.63, 3.8) is 0 Å². The molecule has 2 N–H and O–H groups in total. The molecule has 0 unspecified atom stereocenters. The fourth-order valence-corrected chi connectivity index (χ4v) is 4.24. The van der Waals surface area contributed by atoms with Crippen LogP contribution < -0.4 is 15.4 Å². The number of nitrogens with one attached hydrogen (secondary N) is 2. The maximum Gasteiger partial charge on any atom is 0.267 e. The number of aromatic nitrogens is 1. The van der Waals surface area contributed by atoms with E-state index in [1.165, 1.54) is 16.9 Å². The summed E-state index contributed by atoms with van der Waals surface area (Å²) in [6, 6.07) is 14.7. The summed E-state index contributed by atoms with van der Waals surface area (Å²) in [6.07, 6.45) is 0. The molecule has 3 aromatic rings. The van der Waals surface area contributed by atoms with E-state index in [9.17, 15) is 9.59 Å². The number of rotatable bonds is 11. The van der Waals surface area contributed by atoms with E-state index in [1.807, 2.05) is 38.1 Å². The summed E-state index contributed by atoms with van der Waals surface area (Å²) in [5, 5.41) is 6.55. The number of carbonyl (C=O) groups excluding carboxylic acids is 2. The number of hydrogen-bond donors (Lipinski definition) is 2. The second-order valence-electron chi connectivity index (χ2n) is 7.94. The first-order valence-corrected chi connectivity index (χ1v) is 12.3. The fourth-order valence-electron chi connectivity index (χ4n) is 3.37. The monoisotopic (exact) mass is 480 g/mol. The number of amides is 2. The van der Waals surface area contributed by atoms with Gasteiger partial charge in [0.25, 0.3) is 11.8 Å². The number of benzene rings is 2. The van der Waals surface area contributed by atoms with E-state index >= 15 is 0 Å². The van der Waals surface area contributed by atoms with Crippen molar-refractivity contribution in [1.29, 1.82) is 0 Å². The van der Waals surface area contributed by atoms with Crippen molar-refractivity contribution in [2.45, 2.75) is 34.3 Å². The molecule has 8 heteroatoms. The minimum absolute atomic E-state index is 0.124. The first-order chi connectivity index (χ1) is 16.4. The number of likely N-dealkylation sites (N-methyl/N-ethyl adjacent to an activating group) is 1. The van der Waals surface area contributed by atoms with E-state index in [1.54, 1.807) is 24.3 Å². The molecule has 0 aliphatic heterocycles. The Bertz CT molecular complexity index is 1090. The third-order valence-electron chi connectivity index (χ3n) is 5.44. The van der Waals surface area contributed by atoms with Crippen molar-refractivity contribution in [3.8, 4) is 5.75 Å². The topological polar surface area (TPSA) is 83.6 Å². The molecule has 1 heterocycles. The zero-order valence-corrected chi connectivity index (χ0v) is 21.0. The number of nitrogens with zero attached hydrogens (tertiary/aromatic N) is 2. The molecule has 0 fully saturated rings. The lowest BCUT2D eigenvalue weighted by Crippen LogP contribution is -2.34. The van der Waals surface area contributed by atoms with Gasteiger partial charge < -0.3 is 20.3 Å². The summed E-state index contributed by atoms with van der Waals surface area (Å²) in [7, 11) is 0. The Morgan fingerprint density at radius 1 is 0.971 bits per heavy atom. The quantitative estimate of drug-likeness (QED) is 0.417. The lowest BCUT2D eigenvalue weighted by molar-refractivity contribution is 0.0948. The highest BCUT2D eigenvalue weighted by molar-refractivity contribution is 7.13. The average molecular weight is 481 g/mol. The van der Waals surface area contributed by atoms with Gasteiger partial charge >= 0.3 is 0 Å². The predicted molar refractivity (Wildman–Crippen MR) is 137 cm³/mol. The molecular weight excluding hydrogens is 448 g/mol. The van der Waals surface area contributed by atoms with E-state index in [0.29, 0.717) is 35.0 Å². The van der Waals surface area contributed by atoms with Gasteiger partial charge in [-0.3, -0.25) is 9.59 Å². The van der Waals surface area contributed by atoms with Crippen LogP contribution in [0.1, 0.15) is 50.1 Å².